The third kappa shape index (κ3) is 3.57. The lowest BCUT2D eigenvalue weighted by molar-refractivity contribution is -0.385. The van der Waals surface area contributed by atoms with Crippen molar-refractivity contribution in [1.29, 1.82) is 0 Å². The van der Waals surface area contributed by atoms with Crippen molar-refractivity contribution < 1.29 is 14.6 Å². The van der Waals surface area contributed by atoms with Gasteiger partial charge in [0.05, 0.1) is 20.1 Å². The second-order valence-electron chi connectivity index (χ2n) is 5.37. The van der Waals surface area contributed by atoms with E-state index in [2.05, 4.69) is 4.99 Å². The molecule has 1 heterocycles. The number of benzene rings is 2. The number of carbonyl (C=O) groups is 1. The number of non-ortho nitro benzene ring substituents is 1. The number of thiazole rings is 1. The quantitative estimate of drug-likeness (QED) is 0.480. The van der Waals surface area contributed by atoms with Gasteiger partial charge in [0.1, 0.15) is 5.56 Å². The molecule has 3 rings (SSSR count). The number of amides is 1. The van der Waals surface area contributed by atoms with E-state index >= 15 is 0 Å². The molecule has 11 heteroatoms. The molecule has 0 aliphatic carbocycles. The maximum Gasteiger partial charge on any atom is 0.286 e. The van der Waals surface area contributed by atoms with Crippen molar-refractivity contribution in [3.63, 3.8) is 0 Å². The fraction of sp³-hybridized carbons (Fsp3) is 0.125. The molecule has 0 fully saturated rings. The first-order valence-corrected chi connectivity index (χ1v) is 8.82. The number of nitrogens with zero attached hydrogens (tertiary/aromatic N) is 4. The molecular formula is C16H11ClN4O5S. The van der Waals surface area contributed by atoms with E-state index in [4.69, 9.17) is 11.6 Å². The first-order chi connectivity index (χ1) is 12.8. The Bertz CT molecular complexity index is 1170. The van der Waals surface area contributed by atoms with Crippen LogP contribution in [0.3, 0.4) is 0 Å². The van der Waals surface area contributed by atoms with E-state index in [-0.39, 0.29) is 21.1 Å². The standard InChI is InChI=1S/C16H11ClN4O5S/c1-2-19-13-6-4-10(20(23)24)8-14(13)27-16(19)18-15(22)11-7-9(17)3-5-12(11)21(25)26/h3-8H,2H2,1H3. The molecule has 0 saturated carbocycles. The zero-order valence-electron chi connectivity index (χ0n) is 13.8. The topological polar surface area (TPSA) is 121 Å². The summed E-state index contributed by atoms with van der Waals surface area (Å²) in [7, 11) is 0. The molecule has 138 valence electrons. The van der Waals surface area contributed by atoms with Crippen LogP contribution in [0.15, 0.2) is 41.4 Å². The van der Waals surface area contributed by atoms with Gasteiger partial charge in [-0.3, -0.25) is 25.0 Å². The highest BCUT2D eigenvalue weighted by Gasteiger charge is 2.21. The van der Waals surface area contributed by atoms with E-state index in [1.807, 2.05) is 6.92 Å². The minimum Gasteiger partial charge on any atom is -0.317 e. The summed E-state index contributed by atoms with van der Waals surface area (Å²) in [6.07, 6.45) is 0. The van der Waals surface area contributed by atoms with E-state index in [1.54, 1.807) is 10.6 Å². The van der Waals surface area contributed by atoms with Crippen LogP contribution in [-0.2, 0) is 6.54 Å². The van der Waals surface area contributed by atoms with Crippen LogP contribution < -0.4 is 4.80 Å². The average molecular weight is 407 g/mol. The van der Waals surface area contributed by atoms with Crippen LogP contribution in [0.25, 0.3) is 10.2 Å². The molecule has 0 spiro atoms. The fourth-order valence-electron chi connectivity index (χ4n) is 2.55. The summed E-state index contributed by atoms with van der Waals surface area (Å²) in [5, 5.41) is 22.3. The number of hydrogen-bond donors (Lipinski definition) is 0. The molecule has 0 saturated heterocycles. The summed E-state index contributed by atoms with van der Waals surface area (Å²) in [6, 6.07) is 8.01. The van der Waals surface area contributed by atoms with Crippen LogP contribution in [0.2, 0.25) is 5.02 Å². The third-order valence-corrected chi connectivity index (χ3v) is 5.05. The van der Waals surface area contributed by atoms with Crippen molar-refractivity contribution in [2.24, 2.45) is 4.99 Å². The molecule has 0 atom stereocenters. The molecule has 0 radical (unpaired) electrons. The zero-order chi connectivity index (χ0) is 19.7. The largest absolute Gasteiger partial charge is 0.317 e. The third-order valence-electron chi connectivity index (χ3n) is 3.78. The van der Waals surface area contributed by atoms with Crippen molar-refractivity contribution in [2.45, 2.75) is 13.5 Å². The van der Waals surface area contributed by atoms with Crippen LogP contribution in [0.1, 0.15) is 17.3 Å². The molecule has 2 aromatic carbocycles. The van der Waals surface area contributed by atoms with Crippen molar-refractivity contribution >= 4 is 50.4 Å². The number of hydrogen-bond acceptors (Lipinski definition) is 6. The summed E-state index contributed by atoms with van der Waals surface area (Å²) in [4.78, 5) is 37.8. The van der Waals surface area contributed by atoms with E-state index in [0.29, 0.717) is 16.8 Å². The number of nitro benzene ring substituents is 2. The number of halogens is 1. The Morgan fingerprint density at radius 1 is 1.19 bits per heavy atom. The summed E-state index contributed by atoms with van der Waals surface area (Å²) < 4.78 is 2.29. The molecule has 3 aromatic rings. The molecule has 0 unspecified atom stereocenters. The smallest absolute Gasteiger partial charge is 0.286 e. The molecule has 27 heavy (non-hydrogen) atoms. The van der Waals surface area contributed by atoms with Gasteiger partial charge >= 0.3 is 0 Å². The Labute approximate surface area is 160 Å². The monoisotopic (exact) mass is 406 g/mol. The second kappa shape index (κ2) is 7.25. The van der Waals surface area contributed by atoms with Gasteiger partial charge in [-0.1, -0.05) is 22.9 Å². The first kappa shape index (κ1) is 18.7. The van der Waals surface area contributed by atoms with E-state index in [9.17, 15) is 25.0 Å². The van der Waals surface area contributed by atoms with Crippen molar-refractivity contribution in [3.05, 3.63) is 72.0 Å². The number of aryl methyl sites for hydroxylation is 1. The summed E-state index contributed by atoms with van der Waals surface area (Å²) in [5.74, 6) is -0.813. The van der Waals surface area contributed by atoms with Crippen LogP contribution in [0.5, 0.6) is 0 Å². The maximum atomic E-state index is 12.6. The molecule has 0 aliphatic rings. The summed E-state index contributed by atoms with van der Waals surface area (Å²) in [5.41, 5.74) is -0.0119. The lowest BCUT2D eigenvalue weighted by Gasteiger charge is -2.01. The summed E-state index contributed by atoms with van der Waals surface area (Å²) >= 11 is 6.95. The first-order valence-electron chi connectivity index (χ1n) is 7.62. The molecule has 0 aliphatic heterocycles. The van der Waals surface area contributed by atoms with Crippen LogP contribution in [0.4, 0.5) is 11.4 Å². The van der Waals surface area contributed by atoms with Gasteiger partial charge in [0, 0.05) is 29.8 Å². The van der Waals surface area contributed by atoms with Gasteiger partial charge in [-0.05, 0) is 25.1 Å². The Balaban J connectivity index is 2.18. The number of fused-ring (bicyclic) bond motifs is 1. The van der Waals surface area contributed by atoms with E-state index in [0.717, 1.165) is 17.4 Å². The molecular weight excluding hydrogens is 396 g/mol. The average Bonchev–Trinajstić information content (AvgIpc) is 2.97. The normalized spacial score (nSPS) is 11.7. The van der Waals surface area contributed by atoms with Crippen LogP contribution >= 0.6 is 22.9 Å². The van der Waals surface area contributed by atoms with Crippen LogP contribution in [-0.4, -0.2) is 20.3 Å². The Morgan fingerprint density at radius 3 is 2.56 bits per heavy atom. The minimum atomic E-state index is -0.813. The van der Waals surface area contributed by atoms with E-state index < -0.39 is 21.4 Å². The van der Waals surface area contributed by atoms with Gasteiger partial charge in [-0.25, -0.2) is 0 Å². The molecule has 1 amide bonds. The molecule has 9 nitrogen and oxygen atoms in total. The predicted octanol–water partition coefficient (Wildman–Crippen LogP) is 3.93. The van der Waals surface area contributed by atoms with Gasteiger partial charge in [-0.2, -0.15) is 4.99 Å². The Morgan fingerprint density at radius 2 is 1.93 bits per heavy atom. The highest BCUT2D eigenvalue weighted by atomic mass is 35.5. The lowest BCUT2D eigenvalue weighted by Crippen LogP contribution is -2.16. The zero-order valence-corrected chi connectivity index (χ0v) is 15.4. The Hall–Kier alpha value is -3.11. The fourth-order valence-corrected chi connectivity index (χ4v) is 3.85. The number of rotatable bonds is 4. The van der Waals surface area contributed by atoms with Gasteiger partial charge in [0.2, 0.25) is 0 Å². The number of carbonyl (C=O) groups excluding carboxylic acids is 1. The SMILES string of the molecule is CCn1c(=NC(=O)c2cc(Cl)ccc2[N+](=O)[O-])sc2cc([N+](=O)[O-])ccc21. The van der Waals surface area contributed by atoms with Crippen molar-refractivity contribution in [3.8, 4) is 0 Å². The van der Waals surface area contributed by atoms with Gasteiger partial charge in [-0.15, -0.1) is 0 Å². The van der Waals surface area contributed by atoms with Gasteiger partial charge in [0.25, 0.3) is 17.3 Å². The minimum absolute atomic E-state index is 0.0737. The highest BCUT2D eigenvalue weighted by molar-refractivity contribution is 7.16. The number of aromatic nitrogens is 1. The molecule has 0 bridgehead atoms. The molecule has 0 N–H and O–H groups in total. The highest BCUT2D eigenvalue weighted by Crippen LogP contribution is 2.25. The molecule has 1 aromatic heterocycles. The number of nitro groups is 2. The van der Waals surface area contributed by atoms with Crippen molar-refractivity contribution in [2.75, 3.05) is 0 Å². The van der Waals surface area contributed by atoms with Gasteiger partial charge in [0.15, 0.2) is 4.80 Å². The Kier molecular flexibility index (Phi) is 5.02. The van der Waals surface area contributed by atoms with E-state index in [1.165, 1.54) is 24.3 Å². The second-order valence-corrected chi connectivity index (χ2v) is 6.82. The predicted molar refractivity (Wildman–Crippen MR) is 100 cm³/mol. The van der Waals surface area contributed by atoms with Crippen molar-refractivity contribution in [1.82, 2.24) is 4.57 Å². The van der Waals surface area contributed by atoms with Gasteiger partial charge < -0.3 is 4.57 Å². The van der Waals surface area contributed by atoms with Crippen LogP contribution in [0, 0.1) is 20.2 Å². The summed E-state index contributed by atoms with van der Waals surface area (Å²) in [6.45, 7) is 2.29. The lowest BCUT2D eigenvalue weighted by atomic mass is 10.2. The maximum absolute atomic E-state index is 12.6.